The summed E-state index contributed by atoms with van der Waals surface area (Å²) in [5.74, 6) is 0. The van der Waals surface area contributed by atoms with Crippen LogP contribution in [-0.4, -0.2) is 9.97 Å². The van der Waals surface area contributed by atoms with Gasteiger partial charge in [-0.3, -0.25) is 0 Å². The van der Waals surface area contributed by atoms with Crippen molar-refractivity contribution in [2.75, 3.05) is 0 Å². The number of hydrogen-bond donors (Lipinski definition) is 2. The third-order valence-corrected chi connectivity index (χ3v) is 2.56. The lowest BCUT2D eigenvalue weighted by Gasteiger charge is -2.00. The van der Waals surface area contributed by atoms with Gasteiger partial charge in [0.1, 0.15) is 0 Å². The van der Waals surface area contributed by atoms with E-state index in [1.54, 1.807) is 0 Å². The predicted molar refractivity (Wildman–Crippen MR) is 60.4 cm³/mol. The van der Waals surface area contributed by atoms with E-state index in [1.807, 2.05) is 31.2 Å². The molecule has 4 heteroatoms. The van der Waals surface area contributed by atoms with Crippen LogP contribution in [0.4, 0.5) is 0 Å². The van der Waals surface area contributed by atoms with Gasteiger partial charge in [-0.1, -0.05) is 23.7 Å². The van der Waals surface area contributed by atoms with E-state index in [0.29, 0.717) is 6.42 Å². The van der Waals surface area contributed by atoms with Crippen LogP contribution in [0.3, 0.4) is 0 Å². The summed E-state index contributed by atoms with van der Waals surface area (Å²) in [6, 6.07) is 7.59. The number of nitrogens with one attached hydrogen (secondary N) is 2. The molecule has 2 aromatic rings. The summed E-state index contributed by atoms with van der Waals surface area (Å²) in [5, 5.41) is 0.720. The monoisotopic (exact) mass is 222 g/mol. The maximum Gasteiger partial charge on any atom is 0.323 e. The Bertz CT molecular complexity index is 510. The summed E-state index contributed by atoms with van der Waals surface area (Å²) in [4.78, 5) is 16.5. The van der Waals surface area contributed by atoms with Gasteiger partial charge >= 0.3 is 5.69 Å². The van der Waals surface area contributed by atoms with Crippen molar-refractivity contribution in [2.24, 2.45) is 0 Å². The number of rotatable bonds is 2. The number of imidazole rings is 1. The van der Waals surface area contributed by atoms with Crippen molar-refractivity contribution in [1.29, 1.82) is 0 Å². The molecule has 0 radical (unpaired) electrons. The maximum atomic E-state index is 11.0. The van der Waals surface area contributed by atoms with Crippen molar-refractivity contribution in [3.05, 3.63) is 56.7 Å². The molecule has 0 bridgehead atoms. The van der Waals surface area contributed by atoms with E-state index in [4.69, 9.17) is 11.6 Å². The quantitative estimate of drug-likeness (QED) is 0.805. The lowest BCUT2D eigenvalue weighted by atomic mass is 10.1. The molecule has 2 rings (SSSR count). The van der Waals surface area contributed by atoms with Crippen LogP contribution < -0.4 is 5.69 Å². The molecule has 0 aliphatic carbocycles. The molecule has 1 aromatic carbocycles. The van der Waals surface area contributed by atoms with Gasteiger partial charge in [-0.2, -0.15) is 0 Å². The van der Waals surface area contributed by atoms with Gasteiger partial charge in [-0.05, 0) is 24.6 Å². The first kappa shape index (κ1) is 10.1. The van der Waals surface area contributed by atoms with Gasteiger partial charge in [0.15, 0.2) is 0 Å². The van der Waals surface area contributed by atoms with Crippen molar-refractivity contribution in [1.82, 2.24) is 9.97 Å². The smallest absolute Gasteiger partial charge is 0.310 e. The molecule has 0 saturated heterocycles. The average Bonchev–Trinajstić information content (AvgIpc) is 2.49. The zero-order valence-electron chi connectivity index (χ0n) is 8.30. The Balaban J connectivity index is 2.25. The molecule has 0 fully saturated rings. The largest absolute Gasteiger partial charge is 0.323 e. The molecular formula is C11H11ClN2O. The summed E-state index contributed by atoms with van der Waals surface area (Å²) >= 11 is 5.79. The van der Waals surface area contributed by atoms with Gasteiger partial charge in [0.2, 0.25) is 0 Å². The molecule has 0 aliphatic heterocycles. The van der Waals surface area contributed by atoms with Crippen molar-refractivity contribution >= 4 is 11.6 Å². The number of benzene rings is 1. The van der Waals surface area contributed by atoms with Crippen LogP contribution in [0.15, 0.2) is 29.1 Å². The normalized spacial score (nSPS) is 10.5. The van der Waals surface area contributed by atoms with Gasteiger partial charge < -0.3 is 9.97 Å². The molecule has 1 heterocycles. The van der Waals surface area contributed by atoms with E-state index in [-0.39, 0.29) is 5.69 Å². The molecule has 2 N–H and O–H groups in total. The second kappa shape index (κ2) is 3.95. The molecular weight excluding hydrogens is 212 g/mol. The molecule has 0 aliphatic rings. The number of aromatic nitrogens is 2. The SMILES string of the molecule is Cc1[nH]c(=O)[nH]c1Cc1ccc(Cl)cc1. The van der Waals surface area contributed by atoms with Crippen LogP contribution in [0, 0.1) is 6.92 Å². The first-order chi connectivity index (χ1) is 7.15. The molecule has 78 valence electrons. The van der Waals surface area contributed by atoms with Gasteiger partial charge in [0, 0.05) is 22.8 Å². The van der Waals surface area contributed by atoms with Gasteiger partial charge in [0.25, 0.3) is 0 Å². The minimum Gasteiger partial charge on any atom is -0.310 e. The zero-order chi connectivity index (χ0) is 10.8. The van der Waals surface area contributed by atoms with Crippen LogP contribution in [0.1, 0.15) is 17.0 Å². The van der Waals surface area contributed by atoms with E-state index < -0.39 is 0 Å². The van der Waals surface area contributed by atoms with E-state index >= 15 is 0 Å². The Morgan fingerprint density at radius 3 is 2.40 bits per heavy atom. The summed E-state index contributed by atoms with van der Waals surface area (Å²) in [7, 11) is 0. The molecule has 3 nitrogen and oxygen atoms in total. The lowest BCUT2D eigenvalue weighted by molar-refractivity contribution is 1.07. The average molecular weight is 223 g/mol. The fraction of sp³-hybridized carbons (Fsp3) is 0.182. The topological polar surface area (TPSA) is 48.6 Å². The predicted octanol–water partition coefficient (Wildman–Crippen LogP) is 2.26. The highest BCUT2D eigenvalue weighted by Gasteiger charge is 2.03. The fourth-order valence-corrected chi connectivity index (χ4v) is 1.62. The van der Waals surface area contributed by atoms with Crippen molar-refractivity contribution < 1.29 is 0 Å². The van der Waals surface area contributed by atoms with Crippen LogP contribution in [0.25, 0.3) is 0 Å². The zero-order valence-corrected chi connectivity index (χ0v) is 9.06. The number of halogens is 1. The standard InChI is InChI=1S/C11H11ClN2O/c1-7-10(14-11(15)13-7)6-8-2-4-9(12)5-3-8/h2-5H,6H2,1H3,(H2,13,14,15). The Morgan fingerprint density at radius 2 is 1.87 bits per heavy atom. The van der Waals surface area contributed by atoms with Crippen LogP contribution in [0.2, 0.25) is 5.02 Å². The van der Waals surface area contributed by atoms with Crippen LogP contribution in [0.5, 0.6) is 0 Å². The molecule has 1 aromatic heterocycles. The van der Waals surface area contributed by atoms with Crippen molar-refractivity contribution in [3.63, 3.8) is 0 Å². The van der Waals surface area contributed by atoms with E-state index in [2.05, 4.69) is 9.97 Å². The van der Waals surface area contributed by atoms with Crippen LogP contribution in [-0.2, 0) is 6.42 Å². The number of H-pyrrole nitrogens is 2. The summed E-state index contributed by atoms with van der Waals surface area (Å²) in [6.07, 6.45) is 0.710. The summed E-state index contributed by atoms with van der Waals surface area (Å²) in [5.41, 5.74) is 2.77. The summed E-state index contributed by atoms with van der Waals surface area (Å²) in [6.45, 7) is 1.88. The molecule has 0 amide bonds. The van der Waals surface area contributed by atoms with Crippen molar-refractivity contribution in [3.8, 4) is 0 Å². The highest BCUT2D eigenvalue weighted by Crippen LogP contribution is 2.13. The third kappa shape index (κ3) is 2.30. The fourth-order valence-electron chi connectivity index (χ4n) is 1.49. The highest BCUT2D eigenvalue weighted by atomic mass is 35.5. The molecule has 0 spiro atoms. The third-order valence-electron chi connectivity index (χ3n) is 2.31. The molecule has 0 atom stereocenters. The number of hydrogen-bond acceptors (Lipinski definition) is 1. The first-order valence-electron chi connectivity index (χ1n) is 4.67. The van der Waals surface area contributed by atoms with E-state index in [9.17, 15) is 4.79 Å². The molecule has 15 heavy (non-hydrogen) atoms. The minimum atomic E-state index is -0.156. The minimum absolute atomic E-state index is 0.156. The highest BCUT2D eigenvalue weighted by molar-refractivity contribution is 6.30. The summed E-state index contributed by atoms with van der Waals surface area (Å²) < 4.78 is 0. The Kier molecular flexibility index (Phi) is 2.64. The maximum absolute atomic E-state index is 11.0. The van der Waals surface area contributed by atoms with Gasteiger partial charge in [-0.15, -0.1) is 0 Å². The van der Waals surface area contributed by atoms with Gasteiger partial charge in [0.05, 0.1) is 0 Å². The van der Waals surface area contributed by atoms with E-state index in [1.165, 1.54) is 0 Å². The first-order valence-corrected chi connectivity index (χ1v) is 5.05. The lowest BCUT2D eigenvalue weighted by Crippen LogP contribution is -2.01. The Morgan fingerprint density at radius 1 is 1.20 bits per heavy atom. The number of aryl methyl sites for hydroxylation is 1. The van der Waals surface area contributed by atoms with Crippen molar-refractivity contribution in [2.45, 2.75) is 13.3 Å². The molecule has 0 saturated carbocycles. The van der Waals surface area contributed by atoms with E-state index in [0.717, 1.165) is 22.0 Å². The molecule has 0 unspecified atom stereocenters. The second-order valence-corrected chi connectivity index (χ2v) is 3.92. The Labute approximate surface area is 92.1 Å². The second-order valence-electron chi connectivity index (χ2n) is 3.49. The van der Waals surface area contributed by atoms with Gasteiger partial charge in [-0.25, -0.2) is 4.79 Å². The Hall–Kier alpha value is -1.48. The number of aromatic amines is 2. The van der Waals surface area contributed by atoms with Crippen LogP contribution >= 0.6 is 11.6 Å².